The van der Waals surface area contributed by atoms with Crippen LogP contribution in [0.4, 0.5) is 11.6 Å². The quantitative estimate of drug-likeness (QED) is 0.743. The summed E-state index contributed by atoms with van der Waals surface area (Å²) in [5.74, 6) is 1.53. The van der Waals surface area contributed by atoms with Crippen LogP contribution in [0.25, 0.3) is 0 Å². The van der Waals surface area contributed by atoms with Gasteiger partial charge in [-0.15, -0.1) is 0 Å². The fourth-order valence-electron chi connectivity index (χ4n) is 3.70. The number of piperidine rings is 1. The largest absolute Gasteiger partial charge is 0.466 e. The lowest BCUT2D eigenvalue weighted by Crippen LogP contribution is -2.44. The number of pyridine rings is 1. The molecule has 0 amide bonds. The van der Waals surface area contributed by atoms with Crippen molar-refractivity contribution in [3.63, 3.8) is 0 Å². The van der Waals surface area contributed by atoms with E-state index in [4.69, 9.17) is 9.72 Å². The summed E-state index contributed by atoms with van der Waals surface area (Å²) < 4.78 is 7.34. The Kier molecular flexibility index (Phi) is 6.03. The first-order valence-electron chi connectivity index (χ1n) is 9.99. The molecule has 0 saturated carbocycles. The van der Waals surface area contributed by atoms with Gasteiger partial charge in [0, 0.05) is 18.2 Å². The first-order chi connectivity index (χ1) is 13.3. The maximum atomic E-state index is 12.7. The van der Waals surface area contributed by atoms with Crippen molar-refractivity contribution < 1.29 is 9.53 Å². The number of carbonyl (C=O) groups is 1. The highest BCUT2D eigenvalue weighted by Gasteiger charge is 2.41. The Bertz CT molecular complexity index is 803. The van der Waals surface area contributed by atoms with Crippen molar-refractivity contribution in [2.45, 2.75) is 52.5 Å². The van der Waals surface area contributed by atoms with Gasteiger partial charge in [0.15, 0.2) is 0 Å². The van der Waals surface area contributed by atoms with Crippen LogP contribution in [0, 0.1) is 5.41 Å². The van der Waals surface area contributed by atoms with Gasteiger partial charge in [0.05, 0.1) is 23.8 Å². The van der Waals surface area contributed by atoms with Crippen LogP contribution in [0.15, 0.2) is 30.5 Å². The molecule has 1 fully saturated rings. The van der Waals surface area contributed by atoms with Crippen LogP contribution in [0.5, 0.6) is 0 Å². The van der Waals surface area contributed by atoms with Crippen LogP contribution in [0.3, 0.4) is 0 Å². The van der Waals surface area contributed by atoms with E-state index in [-0.39, 0.29) is 11.5 Å². The standard InChI is InChI=1S/C21H31N5O2/c1-5-28-19(27)21(10-13-22-14-11-21)15-16-7-6-8-17(24-16)25-18-9-12-23-26(18)20(2,3)4/h6-9,12,22H,5,10-11,13-15H2,1-4H3,(H,24,25). The zero-order valence-electron chi connectivity index (χ0n) is 17.3. The number of ether oxygens (including phenoxy) is 1. The van der Waals surface area contributed by atoms with Crippen LogP contribution in [-0.4, -0.2) is 40.4 Å². The highest BCUT2D eigenvalue weighted by molar-refractivity contribution is 5.77. The fourth-order valence-corrected chi connectivity index (χ4v) is 3.70. The van der Waals surface area contributed by atoms with E-state index in [0.717, 1.165) is 43.3 Å². The van der Waals surface area contributed by atoms with E-state index in [1.54, 1.807) is 6.20 Å². The number of anilines is 2. The fraction of sp³-hybridized carbons (Fsp3) is 0.571. The number of esters is 1. The van der Waals surface area contributed by atoms with Gasteiger partial charge in [-0.25, -0.2) is 9.67 Å². The number of nitrogens with zero attached hydrogens (tertiary/aromatic N) is 3. The topological polar surface area (TPSA) is 81.1 Å². The van der Waals surface area contributed by atoms with E-state index < -0.39 is 5.41 Å². The predicted octanol–water partition coefficient (Wildman–Crippen LogP) is 3.25. The molecule has 152 valence electrons. The lowest BCUT2D eigenvalue weighted by Gasteiger charge is -2.35. The molecule has 1 saturated heterocycles. The van der Waals surface area contributed by atoms with Gasteiger partial charge in [-0.3, -0.25) is 4.79 Å². The highest BCUT2D eigenvalue weighted by atomic mass is 16.5. The summed E-state index contributed by atoms with van der Waals surface area (Å²) in [5.41, 5.74) is 0.258. The molecule has 0 spiro atoms. The summed E-state index contributed by atoms with van der Waals surface area (Å²) in [6.45, 7) is 10.2. The van der Waals surface area contributed by atoms with Crippen LogP contribution < -0.4 is 10.6 Å². The molecule has 0 aromatic carbocycles. The lowest BCUT2D eigenvalue weighted by atomic mass is 9.75. The molecule has 0 unspecified atom stereocenters. The second-order valence-electron chi connectivity index (χ2n) is 8.37. The third-order valence-electron chi connectivity index (χ3n) is 5.13. The van der Waals surface area contributed by atoms with Crippen LogP contribution in [0.1, 0.15) is 46.2 Å². The number of hydrogen-bond acceptors (Lipinski definition) is 6. The minimum atomic E-state index is -0.500. The normalized spacial score (nSPS) is 16.6. The van der Waals surface area contributed by atoms with Gasteiger partial charge >= 0.3 is 5.97 Å². The Hall–Kier alpha value is -2.41. The molecule has 0 radical (unpaired) electrons. The van der Waals surface area contributed by atoms with Gasteiger partial charge in [-0.2, -0.15) is 5.10 Å². The Balaban J connectivity index is 1.81. The van der Waals surface area contributed by atoms with Crippen molar-refractivity contribution in [2.75, 3.05) is 25.0 Å². The predicted molar refractivity (Wildman–Crippen MR) is 110 cm³/mol. The van der Waals surface area contributed by atoms with E-state index in [9.17, 15) is 4.79 Å². The number of nitrogens with one attached hydrogen (secondary N) is 2. The number of carbonyl (C=O) groups excluding carboxylic acids is 1. The minimum Gasteiger partial charge on any atom is -0.466 e. The summed E-state index contributed by atoms with van der Waals surface area (Å²) in [6, 6.07) is 7.83. The van der Waals surface area contributed by atoms with E-state index in [1.165, 1.54) is 0 Å². The van der Waals surface area contributed by atoms with Crippen molar-refractivity contribution in [2.24, 2.45) is 5.41 Å². The van der Waals surface area contributed by atoms with Gasteiger partial charge in [-0.1, -0.05) is 6.07 Å². The SMILES string of the molecule is CCOC(=O)C1(Cc2cccc(Nc3ccnn3C(C)(C)C)n2)CCNCC1. The molecule has 7 heteroatoms. The Morgan fingerprint density at radius 2 is 2.04 bits per heavy atom. The monoisotopic (exact) mass is 385 g/mol. The average molecular weight is 386 g/mol. The van der Waals surface area contributed by atoms with Crippen LogP contribution >= 0.6 is 0 Å². The number of hydrogen-bond donors (Lipinski definition) is 2. The molecule has 3 rings (SSSR count). The number of rotatable bonds is 6. The van der Waals surface area contributed by atoms with Gasteiger partial charge in [-0.05, 0) is 65.8 Å². The molecule has 0 bridgehead atoms. The van der Waals surface area contributed by atoms with Gasteiger partial charge in [0.25, 0.3) is 0 Å². The summed E-state index contributed by atoms with van der Waals surface area (Å²) in [5, 5.41) is 11.1. The summed E-state index contributed by atoms with van der Waals surface area (Å²) in [7, 11) is 0. The molecule has 28 heavy (non-hydrogen) atoms. The van der Waals surface area contributed by atoms with Gasteiger partial charge in [0.2, 0.25) is 0 Å². The van der Waals surface area contributed by atoms with E-state index >= 15 is 0 Å². The van der Waals surface area contributed by atoms with Gasteiger partial charge < -0.3 is 15.4 Å². The first-order valence-corrected chi connectivity index (χ1v) is 9.99. The maximum absolute atomic E-state index is 12.7. The highest BCUT2D eigenvalue weighted by Crippen LogP contribution is 2.34. The van der Waals surface area contributed by atoms with Crippen molar-refractivity contribution >= 4 is 17.6 Å². The van der Waals surface area contributed by atoms with Gasteiger partial charge in [0.1, 0.15) is 11.6 Å². The third kappa shape index (κ3) is 4.52. The van der Waals surface area contributed by atoms with Crippen molar-refractivity contribution in [1.82, 2.24) is 20.1 Å². The zero-order valence-corrected chi connectivity index (χ0v) is 17.3. The molecule has 2 N–H and O–H groups in total. The van der Waals surface area contributed by atoms with Crippen molar-refractivity contribution in [1.29, 1.82) is 0 Å². The number of aromatic nitrogens is 3. The van der Waals surface area contributed by atoms with Crippen LogP contribution in [-0.2, 0) is 21.5 Å². The lowest BCUT2D eigenvalue weighted by molar-refractivity contribution is -0.157. The molecule has 0 aliphatic carbocycles. The summed E-state index contributed by atoms with van der Waals surface area (Å²) in [4.78, 5) is 17.5. The summed E-state index contributed by atoms with van der Waals surface area (Å²) in [6.07, 6.45) is 3.90. The van der Waals surface area contributed by atoms with E-state index in [0.29, 0.717) is 13.0 Å². The Labute approximate surface area is 166 Å². The molecule has 2 aromatic heterocycles. The molecular weight excluding hydrogens is 354 g/mol. The smallest absolute Gasteiger partial charge is 0.312 e. The van der Waals surface area contributed by atoms with Crippen molar-refractivity contribution in [3.8, 4) is 0 Å². The average Bonchev–Trinajstić information content (AvgIpc) is 3.11. The molecule has 3 heterocycles. The third-order valence-corrected chi connectivity index (χ3v) is 5.13. The second-order valence-corrected chi connectivity index (χ2v) is 8.37. The molecule has 0 atom stereocenters. The molecule has 7 nitrogen and oxygen atoms in total. The molecule has 1 aliphatic heterocycles. The van der Waals surface area contributed by atoms with Crippen LogP contribution in [0.2, 0.25) is 0 Å². The second kappa shape index (κ2) is 8.31. The maximum Gasteiger partial charge on any atom is 0.312 e. The van der Waals surface area contributed by atoms with E-state index in [2.05, 4.69) is 36.5 Å². The Morgan fingerprint density at radius 3 is 2.71 bits per heavy atom. The Morgan fingerprint density at radius 1 is 1.29 bits per heavy atom. The first kappa shape index (κ1) is 20.3. The van der Waals surface area contributed by atoms with E-state index in [1.807, 2.05) is 35.9 Å². The molecule has 1 aliphatic rings. The minimum absolute atomic E-state index is 0.109. The molecular formula is C21H31N5O2. The molecule has 2 aromatic rings. The van der Waals surface area contributed by atoms with Crippen molar-refractivity contribution in [3.05, 3.63) is 36.2 Å². The zero-order chi connectivity index (χ0) is 20.2. The summed E-state index contributed by atoms with van der Waals surface area (Å²) >= 11 is 0.